The monoisotopic (exact) mass is 438 g/mol. The van der Waals surface area contributed by atoms with E-state index in [2.05, 4.69) is 5.32 Å². The third-order valence-electron chi connectivity index (χ3n) is 5.42. The lowest BCUT2D eigenvalue weighted by Crippen LogP contribution is -2.30. The van der Waals surface area contributed by atoms with Crippen molar-refractivity contribution >= 4 is 17.5 Å². The van der Waals surface area contributed by atoms with Gasteiger partial charge in [-0.15, -0.1) is 0 Å². The molecule has 33 heavy (non-hydrogen) atoms. The Morgan fingerprint density at radius 3 is 2.24 bits per heavy atom. The van der Waals surface area contributed by atoms with E-state index < -0.39 is 0 Å². The van der Waals surface area contributed by atoms with Gasteiger partial charge in [0.1, 0.15) is 0 Å². The molecule has 1 heterocycles. The highest BCUT2D eigenvalue weighted by Gasteiger charge is 2.21. The second-order valence-corrected chi connectivity index (χ2v) is 7.90. The van der Waals surface area contributed by atoms with Crippen molar-refractivity contribution in [3.05, 3.63) is 126 Å². The largest absolute Gasteiger partial charge is 0.459 e. The first kappa shape index (κ1) is 22.1. The van der Waals surface area contributed by atoms with Gasteiger partial charge in [0, 0.05) is 5.69 Å². The summed E-state index contributed by atoms with van der Waals surface area (Å²) < 4.78 is 5.36. The maximum absolute atomic E-state index is 13.2. The van der Waals surface area contributed by atoms with E-state index in [-0.39, 0.29) is 30.0 Å². The van der Waals surface area contributed by atoms with Gasteiger partial charge in [0.15, 0.2) is 5.76 Å². The Balaban J connectivity index is 1.52. The molecule has 1 aromatic heterocycles. The quantitative estimate of drug-likeness (QED) is 0.392. The van der Waals surface area contributed by atoms with Crippen LogP contribution in [0.1, 0.15) is 40.2 Å². The highest BCUT2D eigenvalue weighted by molar-refractivity contribution is 6.04. The molecule has 0 unspecified atom stereocenters. The molecule has 0 saturated carbocycles. The van der Waals surface area contributed by atoms with Gasteiger partial charge in [-0.05, 0) is 47.9 Å². The Morgan fingerprint density at radius 1 is 0.848 bits per heavy atom. The summed E-state index contributed by atoms with van der Waals surface area (Å²) in [4.78, 5) is 27.6. The minimum Gasteiger partial charge on any atom is -0.459 e. The average Bonchev–Trinajstić information content (AvgIpc) is 3.38. The summed E-state index contributed by atoms with van der Waals surface area (Å²) in [6, 6.07) is 30.4. The van der Waals surface area contributed by atoms with Crippen LogP contribution in [-0.2, 0) is 17.8 Å². The molecule has 2 amide bonds. The number of amides is 2. The van der Waals surface area contributed by atoms with E-state index in [1.807, 2.05) is 91.9 Å². The van der Waals surface area contributed by atoms with Crippen LogP contribution in [0.4, 0.5) is 5.69 Å². The van der Waals surface area contributed by atoms with Crippen LogP contribution in [0.15, 0.2) is 108 Å². The first-order valence-corrected chi connectivity index (χ1v) is 10.9. The lowest BCUT2D eigenvalue weighted by molar-refractivity contribution is -0.121. The zero-order chi connectivity index (χ0) is 23.0. The molecule has 5 heteroatoms. The standard InChI is InChI=1S/C28H26N2O3/c1-21(24-13-6-3-7-14-24)29-27(31)19-23-12-8-15-25(18-23)30(20-22-10-4-2-5-11-22)28(32)26-16-9-17-33-26/h2-18,21H,19-20H2,1H3,(H,29,31)/t21-/m0/s1. The summed E-state index contributed by atoms with van der Waals surface area (Å²) in [7, 11) is 0. The first-order chi connectivity index (χ1) is 16.1. The second kappa shape index (κ2) is 10.5. The second-order valence-electron chi connectivity index (χ2n) is 7.90. The van der Waals surface area contributed by atoms with Gasteiger partial charge >= 0.3 is 0 Å². The van der Waals surface area contributed by atoms with Gasteiger partial charge in [0.2, 0.25) is 5.91 Å². The van der Waals surface area contributed by atoms with Crippen LogP contribution >= 0.6 is 0 Å². The number of nitrogens with zero attached hydrogens (tertiary/aromatic N) is 1. The summed E-state index contributed by atoms with van der Waals surface area (Å²) in [6.45, 7) is 2.36. The van der Waals surface area contributed by atoms with Gasteiger partial charge in [0.05, 0.1) is 25.3 Å². The molecule has 1 atom stereocenters. The molecule has 4 rings (SSSR count). The molecule has 0 aliphatic heterocycles. The third-order valence-corrected chi connectivity index (χ3v) is 5.42. The van der Waals surface area contributed by atoms with Crippen LogP contribution < -0.4 is 10.2 Å². The molecule has 166 valence electrons. The minimum absolute atomic E-state index is 0.0736. The number of nitrogens with one attached hydrogen (secondary N) is 1. The zero-order valence-electron chi connectivity index (χ0n) is 18.5. The number of anilines is 1. The molecule has 0 bridgehead atoms. The van der Waals surface area contributed by atoms with Crippen LogP contribution in [0, 0.1) is 0 Å². The van der Waals surface area contributed by atoms with Crippen LogP contribution in [0.25, 0.3) is 0 Å². The number of carbonyl (C=O) groups is 2. The molecule has 5 nitrogen and oxygen atoms in total. The molecule has 0 aliphatic rings. The number of hydrogen-bond donors (Lipinski definition) is 1. The van der Waals surface area contributed by atoms with Crippen LogP contribution in [-0.4, -0.2) is 11.8 Å². The van der Waals surface area contributed by atoms with E-state index in [1.54, 1.807) is 17.0 Å². The molecule has 0 spiro atoms. The first-order valence-electron chi connectivity index (χ1n) is 10.9. The Morgan fingerprint density at radius 2 is 1.55 bits per heavy atom. The lowest BCUT2D eigenvalue weighted by Gasteiger charge is -2.23. The highest BCUT2D eigenvalue weighted by atomic mass is 16.3. The lowest BCUT2D eigenvalue weighted by atomic mass is 10.1. The van der Waals surface area contributed by atoms with Crippen LogP contribution in [0.3, 0.4) is 0 Å². The molecule has 0 radical (unpaired) electrons. The maximum atomic E-state index is 13.2. The van der Waals surface area contributed by atoms with E-state index in [1.165, 1.54) is 6.26 Å². The Kier molecular flexibility index (Phi) is 7.00. The summed E-state index contributed by atoms with van der Waals surface area (Å²) in [5.74, 6) is -0.0376. The SMILES string of the molecule is C[C@H](NC(=O)Cc1cccc(N(Cc2ccccc2)C(=O)c2ccco2)c1)c1ccccc1. The van der Waals surface area contributed by atoms with E-state index in [0.717, 1.165) is 16.7 Å². The predicted molar refractivity (Wildman–Crippen MR) is 129 cm³/mol. The fourth-order valence-electron chi connectivity index (χ4n) is 3.72. The summed E-state index contributed by atoms with van der Waals surface area (Å²) in [6.07, 6.45) is 1.71. The van der Waals surface area contributed by atoms with Crippen molar-refractivity contribution in [2.45, 2.75) is 25.9 Å². The number of benzene rings is 3. The van der Waals surface area contributed by atoms with Gasteiger partial charge in [-0.3, -0.25) is 9.59 Å². The molecule has 4 aromatic rings. The Hall–Kier alpha value is -4.12. The van der Waals surface area contributed by atoms with Gasteiger partial charge in [-0.25, -0.2) is 0 Å². The van der Waals surface area contributed by atoms with Crippen molar-refractivity contribution in [1.82, 2.24) is 5.32 Å². The third kappa shape index (κ3) is 5.77. The molecule has 1 N–H and O–H groups in total. The Labute approximate surface area is 193 Å². The average molecular weight is 439 g/mol. The van der Waals surface area contributed by atoms with Gasteiger partial charge in [-0.1, -0.05) is 72.8 Å². The van der Waals surface area contributed by atoms with E-state index in [4.69, 9.17) is 4.42 Å². The summed E-state index contributed by atoms with van der Waals surface area (Å²) in [5, 5.41) is 3.04. The van der Waals surface area contributed by atoms with E-state index in [9.17, 15) is 9.59 Å². The topological polar surface area (TPSA) is 62.6 Å². The number of carbonyl (C=O) groups excluding carboxylic acids is 2. The predicted octanol–water partition coefficient (Wildman–Crippen LogP) is 5.55. The number of hydrogen-bond acceptors (Lipinski definition) is 3. The minimum atomic E-state index is -0.233. The number of furan rings is 1. The van der Waals surface area contributed by atoms with E-state index >= 15 is 0 Å². The Bertz CT molecular complexity index is 1190. The van der Waals surface area contributed by atoms with E-state index in [0.29, 0.717) is 12.2 Å². The fraction of sp³-hybridized carbons (Fsp3) is 0.143. The molecule has 0 saturated heterocycles. The van der Waals surface area contributed by atoms with Gasteiger partial charge in [-0.2, -0.15) is 0 Å². The van der Waals surface area contributed by atoms with Gasteiger partial charge in [0.25, 0.3) is 5.91 Å². The maximum Gasteiger partial charge on any atom is 0.294 e. The van der Waals surface area contributed by atoms with Crippen molar-refractivity contribution in [1.29, 1.82) is 0 Å². The van der Waals surface area contributed by atoms with Crippen LogP contribution in [0.5, 0.6) is 0 Å². The smallest absolute Gasteiger partial charge is 0.294 e. The molecular formula is C28H26N2O3. The highest BCUT2D eigenvalue weighted by Crippen LogP contribution is 2.22. The molecule has 0 aliphatic carbocycles. The zero-order valence-corrected chi connectivity index (χ0v) is 18.5. The van der Waals surface area contributed by atoms with Crippen molar-refractivity contribution in [3.8, 4) is 0 Å². The molecule has 0 fully saturated rings. The van der Waals surface area contributed by atoms with Crippen molar-refractivity contribution in [3.63, 3.8) is 0 Å². The van der Waals surface area contributed by atoms with Crippen molar-refractivity contribution in [2.24, 2.45) is 0 Å². The van der Waals surface area contributed by atoms with Crippen molar-refractivity contribution in [2.75, 3.05) is 4.90 Å². The summed E-state index contributed by atoms with van der Waals surface area (Å²) >= 11 is 0. The molecular weight excluding hydrogens is 412 g/mol. The molecule has 3 aromatic carbocycles. The normalized spacial score (nSPS) is 11.5. The van der Waals surface area contributed by atoms with Crippen molar-refractivity contribution < 1.29 is 14.0 Å². The van der Waals surface area contributed by atoms with Gasteiger partial charge < -0.3 is 14.6 Å². The van der Waals surface area contributed by atoms with Crippen LogP contribution in [0.2, 0.25) is 0 Å². The number of rotatable bonds is 8. The fourth-order valence-corrected chi connectivity index (χ4v) is 3.72. The summed E-state index contributed by atoms with van der Waals surface area (Å²) in [5.41, 5.74) is 3.59.